The normalized spacial score (nSPS) is 20.5. The first-order valence-electron chi connectivity index (χ1n) is 6.83. The molecule has 104 valence electrons. The number of rotatable bonds is 1. The molecule has 0 unspecified atom stereocenters. The summed E-state index contributed by atoms with van der Waals surface area (Å²) in [5.41, 5.74) is 0.810. The van der Waals surface area contributed by atoms with Crippen molar-refractivity contribution < 1.29 is 9.59 Å². The van der Waals surface area contributed by atoms with Gasteiger partial charge >= 0.3 is 0 Å². The second-order valence-corrected chi connectivity index (χ2v) is 6.03. The first kappa shape index (κ1) is 13.2. The van der Waals surface area contributed by atoms with E-state index in [1.165, 1.54) is 24.3 Å². The average molecular weight is 288 g/mol. The third-order valence-corrected chi connectivity index (χ3v) is 4.60. The molecular formula is C15H16N2O2S. The van der Waals surface area contributed by atoms with Gasteiger partial charge in [-0.2, -0.15) is 0 Å². The van der Waals surface area contributed by atoms with Crippen LogP contribution in [0.3, 0.4) is 0 Å². The number of carbonyl (C=O) groups excluding carboxylic acids is 2. The van der Waals surface area contributed by atoms with Crippen molar-refractivity contribution in [2.24, 2.45) is 0 Å². The molecule has 3 rings (SSSR count). The molecule has 1 aromatic carbocycles. The molecule has 2 heterocycles. The van der Waals surface area contributed by atoms with Crippen molar-refractivity contribution in [1.29, 1.82) is 0 Å². The lowest BCUT2D eigenvalue weighted by Gasteiger charge is -2.26. The predicted octanol–water partition coefficient (Wildman–Crippen LogP) is 2.63. The lowest BCUT2D eigenvalue weighted by molar-refractivity contribution is -0.127. The van der Waals surface area contributed by atoms with Gasteiger partial charge in [-0.05, 0) is 31.4 Å². The number of thioether (sulfide) groups is 1. The zero-order chi connectivity index (χ0) is 13.9. The van der Waals surface area contributed by atoms with Crippen molar-refractivity contribution >= 4 is 29.3 Å². The molecule has 5 heteroatoms. The lowest BCUT2D eigenvalue weighted by Crippen LogP contribution is -2.35. The van der Waals surface area contributed by atoms with Crippen LogP contribution >= 0.6 is 11.8 Å². The Bertz CT molecular complexity index is 577. The fourth-order valence-corrected chi connectivity index (χ4v) is 3.34. The molecular weight excluding hydrogens is 272 g/mol. The van der Waals surface area contributed by atoms with Crippen LogP contribution < -0.4 is 5.32 Å². The Kier molecular flexibility index (Phi) is 3.78. The number of hydrogen-bond donors (Lipinski definition) is 1. The molecule has 4 nitrogen and oxygen atoms in total. The van der Waals surface area contributed by atoms with Gasteiger partial charge in [-0.3, -0.25) is 9.59 Å². The van der Waals surface area contributed by atoms with E-state index in [0.29, 0.717) is 4.91 Å². The molecule has 0 aliphatic carbocycles. The lowest BCUT2D eigenvalue weighted by atomic mass is 10.1. The minimum Gasteiger partial charge on any atom is -0.339 e. The summed E-state index contributed by atoms with van der Waals surface area (Å²) < 4.78 is 0. The van der Waals surface area contributed by atoms with Crippen molar-refractivity contribution in [2.45, 2.75) is 24.2 Å². The molecule has 20 heavy (non-hydrogen) atoms. The van der Waals surface area contributed by atoms with Gasteiger partial charge in [0, 0.05) is 24.1 Å². The second-order valence-electron chi connectivity index (χ2n) is 4.95. The van der Waals surface area contributed by atoms with Crippen LogP contribution in [-0.4, -0.2) is 29.8 Å². The van der Waals surface area contributed by atoms with Gasteiger partial charge in [0.15, 0.2) is 0 Å². The Morgan fingerprint density at radius 3 is 2.75 bits per heavy atom. The number of para-hydroxylation sites is 1. The third-order valence-electron chi connectivity index (χ3n) is 3.50. The summed E-state index contributed by atoms with van der Waals surface area (Å²) in [7, 11) is 0. The van der Waals surface area contributed by atoms with E-state index in [9.17, 15) is 9.59 Å². The van der Waals surface area contributed by atoms with Gasteiger partial charge in [-0.25, -0.2) is 0 Å². The van der Waals surface area contributed by atoms with Crippen molar-refractivity contribution in [3.8, 4) is 0 Å². The highest BCUT2D eigenvalue weighted by Crippen LogP contribution is 2.37. The molecule has 0 aromatic heterocycles. The number of piperidine rings is 1. The smallest absolute Gasteiger partial charge is 0.262 e. The number of fused-ring (bicyclic) bond motifs is 1. The highest BCUT2D eigenvalue weighted by atomic mass is 32.2. The van der Waals surface area contributed by atoms with Crippen LogP contribution in [0.15, 0.2) is 40.1 Å². The van der Waals surface area contributed by atoms with Crippen LogP contribution in [0.4, 0.5) is 5.69 Å². The highest BCUT2D eigenvalue weighted by molar-refractivity contribution is 8.04. The Labute approximate surface area is 122 Å². The topological polar surface area (TPSA) is 49.4 Å². The first-order chi connectivity index (χ1) is 9.74. The largest absolute Gasteiger partial charge is 0.339 e. The average Bonchev–Trinajstić information content (AvgIpc) is 2.49. The maximum Gasteiger partial charge on any atom is 0.262 e. The van der Waals surface area contributed by atoms with Crippen molar-refractivity contribution in [1.82, 2.24) is 4.90 Å². The summed E-state index contributed by atoms with van der Waals surface area (Å²) in [6.07, 6.45) is 4.76. The molecule has 0 atom stereocenters. The SMILES string of the molecule is O=C1Nc2ccccc2S/C1=C\C(=O)N1CCCCC1. The zero-order valence-corrected chi connectivity index (χ0v) is 11.9. The molecule has 0 radical (unpaired) electrons. The van der Waals surface area contributed by atoms with Crippen LogP contribution in [0.5, 0.6) is 0 Å². The molecule has 1 aromatic rings. The predicted molar refractivity (Wildman–Crippen MR) is 79.4 cm³/mol. The first-order valence-corrected chi connectivity index (χ1v) is 7.64. The molecule has 0 saturated carbocycles. The number of nitrogens with one attached hydrogen (secondary N) is 1. The number of likely N-dealkylation sites (tertiary alicyclic amines) is 1. The Hall–Kier alpha value is -1.75. The summed E-state index contributed by atoms with van der Waals surface area (Å²) in [6.45, 7) is 1.59. The maximum atomic E-state index is 12.2. The molecule has 1 N–H and O–H groups in total. The van der Waals surface area contributed by atoms with E-state index in [-0.39, 0.29) is 11.8 Å². The molecule has 1 fully saturated rings. The third kappa shape index (κ3) is 2.72. The molecule has 2 aliphatic rings. The van der Waals surface area contributed by atoms with Gasteiger partial charge < -0.3 is 10.2 Å². The van der Waals surface area contributed by atoms with E-state index in [1.54, 1.807) is 0 Å². The summed E-state index contributed by atoms with van der Waals surface area (Å²) in [4.78, 5) is 27.5. The number of carbonyl (C=O) groups is 2. The number of nitrogens with zero attached hydrogens (tertiary/aromatic N) is 1. The van der Waals surface area contributed by atoms with E-state index in [4.69, 9.17) is 0 Å². The zero-order valence-electron chi connectivity index (χ0n) is 11.1. The van der Waals surface area contributed by atoms with E-state index in [0.717, 1.165) is 36.5 Å². The summed E-state index contributed by atoms with van der Waals surface area (Å²) in [5.74, 6) is -0.249. The van der Waals surface area contributed by atoms with Crippen LogP contribution in [0.25, 0.3) is 0 Å². The summed E-state index contributed by atoms with van der Waals surface area (Å²) in [5, 5.41) is 2.82. The molecule has 1 saturated heterocycles. The fraction of sp³-hybridized carbons (Fsp3) is 0.333. The van der Waals surface area contributed by atoms with Gasteiger partial charge in [0.25, 0.3) is 5.91 Å². The Morgan fingerprint density at radius 2 is 1.95 bits per heavy atom. The van der Waals surface area contributed by atoms with Crippen LogP contribution in [0.1, 0.15) is 19.3 Å². The standard InChI is InChI=1S/C15H16N2O2S/c18-14(17-8-4-1-5-9-17)10-13-15(19)16-11-6-2-3-7-12(11)20-13/h2-3,6-7,10H,1,4-5,8-9H2,(H,16,19)/b13-10-. The highest BCUT2D eigenvalue weighted by Gasteiger charge is 2.23. The minimum absolute atomic E-state index is 0.0540. The fourth-order valence-electron chi connectivity index (χ4n) is 2.42. The van der Waals surface area contributed by atoms with Gasteiger partial charge in [0.05, 0.1) is 10.6 Å². The number of amides is 2. The molecule has 2 aliphatic heterocycles. The van der Waals surface area contributed by atoms with E-state index < -0.39 is 0 Å². The quantitative estimate of drug-likeness (QED) is 0.808. The molecule has 2 amide bonds. The van der Waals surface area contributed by atoms with Gasteiger partial charge in [-0.1, -0.05) is 23.9 Å². The van der Waals surface area contributed by atoms with Crippen molar-refractivity contribution in [2.75, 3.05) is 18.4 Å². The number of benzene rings is 1. The maximum absolute atomic E-state index is 12.2. The monoisotopic (exact) mass is 288 g/mol. The second kappa shape index (κ2) is 5.71. The van der Waals surface area contributed by atoms with E-state index in [1.807, 2.05) is 29.2 Å². The minimum atomic E-state index is -0.195. The molecule has 0 bridgehead atoms. The van der Waals surface area contributed by atoms with Crippen LogP contribution in [-0.2, 0) is 9.59 Å². The van der Waals surface area contributed by atoms with Crippen LogP contribution in [0, 0.1) is 0 Å². The molecule has 0 spiro atoms. The van der Waals surface area contributed by atoms with Gasteiger partial charge in [-0.15, -0.1) is 0 Å². The number of hydrogen-bond acceptors (Lipinski definition) is 3. The Morgan fingerprint density at radius 1 is 1.20 bits per heavy atom. The van der Waals surface area contributed by atoms with E-state index >= 15 is 0 Å². The van der Waals surface area contributed by atoms with Crippen LogP contribution in [0.2, 0.25) is 0 Å². The van der Waals surface area contributed by atoms with E-state index in [2.05, 4.69) is 5.32 Å². The van der Waals surface area contributed by atoms with Crippen molar-refractivity contribution in [3.63, 3.8) is 0 Å². The van der Waals surface area contributed by atoms with Crippen molar-refractivity contribution in [3.05, 3.63) is 35.2 Å². The van der Waals surface area contributed by atoms with Gasteiger partial charge in [0.2, 0.25) is 5.91 Å². The Balaban J connectivity index is 1.78. The van der Waals surface area contributed by atoms with Gasteiger partial charge in [0.1, 0.15) is 0 Å². The summed E-state index contributed by atoms with van der Waals surface area (Å²) in [6, 6.07) is 7.61. The number of anilines is 1. The summed E-state index contributed by atoms with van der Waals surface area (Å²) >= 11 is 1.36.